The third-order valence-corrected chi connectivity index (χ3v) is 6.94. The van der Waals surface area contributed by atoms with Gasteiger partial charge in [0.25, 0.3) is 15.9 Å². The molecule has 1 aliphatic rings. The zero-order valence-electron chi connectivity index (χ0n) is 18.8. The molecule has 0 bridgehead atoms. The summed E-state index contributed by atoms with van der Waals surface area (Å²) in [6.45, 7) is 6.53. The van der Waals surface area contributed by atoms with E-state index in [0.717, 1.165) is 4.31 Å². The van der Waals surface area contributed by atoms with Crippen molar-refractivity contribution in [3.05, 3.63) is 59.5 Å². The third-order valence-electron chi connectivity index (χ3n) is 5.01. The molecule has 0 aliphatic carbocycles. The van der Waals surface area contributed by atoms with Crippen LogP contribution in [-0.4, -0.2) is 41.0 Å². The van der Waals surface area contributed by atoms with Gasteiger partial charge in [0, 0.05) is 29.9 Å². The lowest BCUT2D eigenvalue weighted by Crippen LogP contribution is -2.39. The van der Waals surface area contributed by atoms with Crippen molar-refractivity contribution >= 4 is 44.5 Å². The van der Waals surface area contributed by atoms with Crippen molar-refractivity contribution in [2.45, 2.75) is 13.8 Å². The maximum absolute atomic E-state index is 13.5. The van der Waals surface area contributed by atoms with Crippen LogP contribution in [0.5, 0.6) is 11.5 Å². The van der Waals surface area contributed by atoms with Crippen LogP contribution in [0.15, 0.2) is 54.0 Å². The smallest absolute Gasteiger partial charge is 0.270 e. The van der Waals surface area contributed by atoms with E-state index in [4.69, 9.17) is 9.47 Å². The summed E-state index contributed by atoms with van der Waals surface area (Å²) in [4.78, 5) is 24.1. The summed E-state index contributed by atoms with van der Waals surface area (Å²) in [5.41, 5.74) is 1.93. The molecule has 9 nitrogen and oxygen atoms in total. The van der Waals surface area contributed by atoms with Gasteiger partial charge in [-0.3, -0.25) is 13.9 Å². The lowest BCUT2D eigenvalue weighted by molar-refractivity contribution is -0.114. The first-order valence-corrected chi connectivity index (χ1v) is 11.4. The van der Waals surface area contributed by atoms with Gasteiger partial charge in [-0.1, -0.05) is 12.1 Å². The molecular formula is C23H25N3O6S. The second kappa shape index (κ2) is 9.37. The third kappa shape index (κ3) is 4.56. The van der Waals surface area contributed by atoms with Crippen LogP contribution in [0.4, 0.5) is 17.1 Å². The predicted molar refractivity (Wildman–Crippen MR) is 128 cm³/mol. The molecule has 0 spiro atoms. The van der Waals surface area contributed by atoms with Crippen LogP contribution in [0, 0.1) is 0 Å². The molecule has 0 aromatic heterocycles. The molecule has 0 saturated heterocycles. The van der Waals surface area contributed by atoms with E-state index in [1.165, 1.54) is 33.3 Å². The molecule has 2 amide bonds. The molecule has 0 fully saturated rings. The van der Waals surface area contributed by atoms with Crippen LogP contribution in [0.1, 0.15) is 19.4 Å². The minimum absolute atomic E-state index is 0.0487. The maximum Gasteiger partial charge on any atom is 0.270 e. The SMILES string of the molecule is C=CCN1c2cc(OC)c(OC)cc2C(C)=C(C(=O)Nc2cccc(NC(C)=O)c2)S1(=O)=O. The van der Waals surface area contributed by atoms with Crippen molar-refractivity contribution in [3.63, 3.8) is 0 Å². The fourth-order valence-corrected chi connectivity index (χ4v) is 5.31. The number of methoxy groups -OCH3 is 2. The molecule has 174 valence electrons. The van der Waals surface area contributed by atoms with Gasteiger partial charge in [-0.2, -0.15) is 0 Å². The monoisotopic (exact) mass is 471 g/mol. The molecule has 0 saturated carbocycles. The summed E-state index contributed by atoms with van der Waals surface area (Å²) in [5, 5.41) is 5.24. The normalized spacial score (nSPS) is 14.2. The van der Waals surface area contributed by atoms with Crippen LogP contribution in [0.25, 0.3) is 5.57 Å². The molecule has 2 aromatic carbocycles. The van der Waals surface area contributed by atoms with Crippen LogP contribution in [0.2, 0.25) is 0 Å². The van der Waals surface area contributed by atoms with E-state index in [0.29, 0.717) is 34.1 Å². The van der Waals surface area contributed by atoms with Gasteiger partial charge in [0.05, 0.1) is 26.5 Å². The second-order valence-electron chi connectivity index (χ2n) is 7.22. The summed E-state index contributed by atoms with van der Waals surface area (Å²) in [6, 6.07) is 9.61. The Hall–Kier alpha value is -3.79. The van der Waals surface area contributed by atoms with Crippen molar-refractivity contribution in [1.29, 1.82) is 0 Å². The molecule has 1 aliphatic heterocycles. The van der Waals surface area contributed by atoms with Gasteiger partial charge >= 0.3 is 0 Å². The Kier molecular flexibility index (Phi) is 6.78. The summed E-state index contributed by atoms with van der Waals surface area (Å²) in [5.74, 6) is -0.317. The Labute approximate surface area is 192 Å². The highest BCUT2D eigenvalue weighted by atomic mass is 32.2. The Balaban J connectivity index is 2.13. The number of anilines is 3. The van der Waals surface area contributed by atoms with Gasteiger partial charge in [0.2, 0.25) is 5.91 Å². The summed E-state index contributed by atoms with van der Waals surface area (Å²) < 4.78 is 38.8. The highest BCUT2D eigenvalue weighted by Crippen LogP contribution is 2.45. The molecule has 2 N–H and O–H groups in total. The molecule has 33 heavy (non-hydrogen) atoms. The van der Waals surface area contributed by atoms with Gasteiger partial charge in [0.15, 0.2) is 16.4 Å². The topological polar surface area (TPSA) is 114 Å². The highest BCUT2D eigenvalue weighted by Gasteiger charge is 2.40. The fourth-order valence-electron chi connectivity index (χ4n) is 3.60. The quantitative estimate of drug-likeness (QED) is 0.599. The van der Waals surface area contributed by atoms with Gasteiger partial charge < -0.3 is 20.1 Å². The lowest BCUT2D eigenvalue weighted by atomic mass is 10.0. The molecule has 3 rings (SSSR count). The predicted octanol–water partition coefficient (Wildman–Crippen LogP) is 3.37. The van der Waals surface area contributed by atoms with Crippen LogP contribution in [0.3, 0.4) is 0 Å². The number of amides is 2. The number of rotatable bonds is 7. The molecule has 10 heteroatoms. The van der Waals surface area contributed by atoms with E-state index in [-0.39, 0.29) is 18.0 Å². The van der Waals surface area contributed by atoms with Crippen molar-refractivity contribution in [3.8, 4) is 11.5 Å². The van der Waals surface area contributed by atoms with Gasteiger partial charge in [-0.15, -0.1) is 6.58 Å². The van der Waals surface area contributed by atoms with E-state index >= 15 is 0 Å². The van der Waals surface area contributed by atoms with Crippen molar-refractivity contribution in [1.82, 2.24) is 0 Å². The number of hydrogen-bond acceptors (Lipinski definition) is 6. The average molecular weight is 472 g/mol. The zero-order valence-corrected chi connectivity index (χ0v) is 19.6. The summed E-state index contributed by atoms with van der Waals surface area (Å²) in [6.07, 6.45) is 1.44. The van der Waals surface area contributed by atoms with Gasteiger partial charge in [-0.25, -0.2) is 8.42 Å². The average Bonchev–Trinajstić information content (AvgIpc) is 2.75. The Morgan fingerprint density at radius 3 is 2.24 bits per heavy atom. The summed E-state index contributed by atoms with van der Waals surface area (Å²) >= 11 is 0. The second-order valence-corrected chi connectivity index (χ2v) is 9.02. The number of carbonyl (C=O) groups is 2. The molecular weight excluding hydrogens is 446 g/mol. The number of ether oxygens (including phenoxy) is 2. The Morgan fingerprint density at radius 1 is 1.06 bits per heavy atom. The first-order valence-electron chi connectivity index (χ1n) is 9.94. The number of fused-ring (bicyclic) bond motifs is 1. The number of sulfonamides is 1. The van der Waals surface area contributed by atoms with Crippen molar-refractivity contribution in [2.75, 3.05) is 35.7 Å². The molecule has 0 unspecified atom stereocenters. The van der Waals surface area contributed by atoms with E-state index in [1.807, 2.05) is 0 Å². The van der Waals surface area contributed by atoms with E-state index < -0.39 is 20.8 Å². The largest absolute Gasteiger partial charge is 0.493 e. The number of allylic oxidation sites excluding steroid dienone is 1. The maximum atomic E-state index is 13.5. The van der Waals surface area contributed by atoms with E-state index in [2.05, 4.69) is 17.2 Å². The molecule has 2 aromatic rings. The molecule has 1 heterocycles. The lowest BCUT2D eigenvalue weighted by Gasteiger charge is -2.32. The van der Waals surface area contributed by atoms with Crippen LogP contribution >= 0.6 is 0 Å². The first kappa shape index (κ1) is 23.9. The Bertz CT molecular complexity index is 1270. The Morgan fingerprint density at radius 2 is 1.67 bits per heavy atom. The minimum Gasteiger partial charge on any atom is -0.493 e. The van der Waals surface area contributed by atoms with Crippen molar-refractivity contribution in [2.24, 2.45) is 0 Å². The molecule has 0 atom stereocenters. The number of benzene rings is 2. The van der Waals surface area contributed by atoms with Gasteiger partial charge in [-0.05, 0) is 36.8 Å². The number of nitrogens with zero attached hydrogens (tertiary/aromatic N) is 1. The number of hydrogen-bond donors (Lipinski definition) is 2. The van der Waals surface area contributed by atoms with Crippen molar-refractivity contribution < 1.29 is 27.5 Å². The van der Waals surface area contributed by atoms with Crippen LogP contribution in [-0.2, 0) is 19.6 Å². The highest BCUT2D eigenvalue weighted by molar-refractivity contribution is 7.97. The first-order chi connectivity index (χ1) is 15.6. The standard InChI is InChI=1S/C23H25N3O6S/c1-6-10-26-19-13-21(32-5)20(31-4)12-18(19)14(2)22(33(26,29)30)23(28)25-17-9-7-8-16(11-17)24-15(3)27/h6-9,11-13H,1,10H2,2-5H3,(H,24,27)(H,25,28). The molecule has 0 radical (unpaired) electrons. The number of nitrogens with one attached hydrogen (secondary N) is 2. The zero-order chi connectivity index (χ0) is 24.3. The van der Waals surface area contributed by atoms with E-state index in [9.17, 15) is 18.0 Å². The van der Waals surface area contributed by atoms with Crippen LogP contribution < -0.4 is 24.4 Å². The van der Waals surface area contributed by atoms with E-state index in [1.54, 1.807) is 37.3 Å². The van der Waals surface area contributed by atoms with Gasteiger partial charge in [0.1, 0.15) is 0 Å². The minimum atomic E-state index is -4.22. The summed E-state index contributed by atoms with van der Waals surface area (Å²) in [7, 11) is -1.29. The number of carbonyl (C=O) groups excluding carboxylic acids is 2. The fraction of sp³-hybridized carbons (Fsp3) is 0.217.